The van der Waals surface area contributed by atoms with Gasteiger partial charge in [-0.2, -0.15) is 0 Å². The van der Waals surface area contributed by atoms with Crippen LogP contribution in [0.15, 0.2) is 77.7 Å². The van der Waals surface area contributed by atoms with E-state index in [1.54, 1.807) is 0 Å². The molecule has 0 radical (unpaired) electrons. The van der Waals surface area contributed by atoms with Crippen LogP contribution >= 0.6 is 0 Å². The van der Waals surface area contributed by atoms with Crippen molar-refractivity contribution in [2.45, 2.75) is 25.8 Å². The van der Waals surface area contributed by atoms with Crippen LogP contribution in [0.2, 0.25) is 0 Å². The van der Waals surface area contributed by atoms with E-state index >= 15 is 0 Å². The van der Waals surface area contributed by atoms with Gasteiger partial charge in [0.25, 0.3) is 5.56 Å². The van der Waals surface area contributed by atoms with Gasteiger partial charge < -0.3 is 14.8 Å². The second-order valence-electron chi connectivity index (χ2n) is 9.15. The molecule has 1 N–H and O–H groups in total. The van der Waals surface area contributed by atoms with Crippen molar-refractivity contribution in [3.63, 3.8) is 0 Å². The highest BCUT2D eigenvalue weighted by atomic mass is 16.1. The van der Waals surface area contributed by atoms with Gasteiger partial charge in [-0.05, 0) is 73.4 Å². The van der Waals surface area contributed by atoms with E-state index in [4.69, 9.17) is 0 Å². The van der Waals surface area contributed by atoms with Gasteiger partial charge >= 0.3 is 0 Å². The van der Waals surface area contributed by atoms with Crippen LogP contribution in [0.1, 0.15) is 18.4 Å². The van der Waals surface area contributed by atoms with Crippen LogP contribution in [-0.2, 0) is 17.8 Å². The highest BCUT2D eigenvalue weighted by Crippen LogP contribution is 2.24. The van der Waals surface area contributed by atoms with Gasteiger partial charge in [0.2, 0.25) is 5.91 Å². The maximum Gasteiger partial charge on any atom is 0.258 e. The summed E-state index contributed by atoms with van der Waals surface area (Å²) in [5, 5.41) is 6.68. The van der Waals surface area contributed by atoms with Crippen molar-refractivity contribution in [2.75, 3.05) is 25.5 Å². The molecule has 0 atom stereocenters. The van der Waals surface area contributed by atoms with Crippen LogP contribution in [0.5, 0.6) is 0 Å². The number of fused-ring (bicyclic) bond motifs is 2. The molecule has 0 bridgehead atoms. The van der Waals surface area contributed by atoms with Crippen LogP contribution in [0, 0.1) is 5.92 Å². The molecule has 1 aliphatic rings. The fourth-order valence-electron chi connectivity index (χ4n) is 4.91. The molecule has 5 heteroatoms. The molecule has 1 amide bonds. The number of aromatic nitrogens is 1. The summed E-state index contributed by atoms with van der Waals surface area (Å²) in [5.74, 6) is 0.439. The van der Waals surface area contributed by atoms with E-state index in [0.29, 0.717) is 17.0 Å². The number of hydrogen-bond donors (Lipinski definition) is 1. The van der Waals surface area contributed by atoms with Gasteiger partial charge in [-0.1, -0.05) is 48.5 Å². The molecule has 3 aromatic carbocycles. The van der Waals surface area contributed by atoms with E-state index in [-0.39, 0.29) is 17.9 Å². The summed E-state index contributed by atoms with van der Waals surface area (Å²) >= 11 is 0. The second kappa shape index (κ2) is 9.20. The Morgan fingerprint density at radius 3 is 2.48 bits per heavy atom. The lowest BCUT2D eigenvalue weighted by molar-refractivity contribution is -0.115. The van der Waals surface area contributed by atoms with E-state index in [1.807, 2.05) is 65.4 Å². The first kappa shape index (κ1) is 21.4. The van der Waals surface area contributed by atoms with Gasteiger partial charge in [0.1, 0.15) is 0 Å². The summed E-state index contributed by atoms with van der Waals surface area (Å²) in [7, 11) is 2.15. The molecule has 0 saturated carbocycles. The van der Waals surface area contributed by atoms with Crippen LogP contribution in [0.4, 0.5) is 5.69 Å². The number of likely N-dealkylation sites (tertiary alicyclic amines) is 1. The number of amides is 1. The predicted molar refractivity (Wildman–Crippen MR) is 135 cm³/mol. The summed E-state index contributed by atoms with van der Waals surface area (Å²) < 4.78 is 1.83. The molecule has 33 heavy (non-hydrogen) atoms. The maximum absolute atomic E-state index is 13.2. The summed E-state index contributed by atoms with van der Waals surface area (Å²) in [4.78, 5) is 28.4. The smallest absolute Gasteiger partial charge is 0.258 e. The molecule has 0 unspecified atom stereocenters. The molecule has 4 aromatic rings. The number of nitrogens with zero attached hydrogens (tertiary/aromatic N) is 2. The number of benzene rings is 3. The molecule has 5 nitrogen and oxygen atoms in total. The Bertz CT molecular complexity index is 1360. The van der Waals surface area contributed by atoms with Crippen LogP contribution in [0.3, 0.4) is 0 Å². The zero-order valence-electron chi connectivity index (χ0n) is 19.0. The highest BCUT2D eigenvalue weighted by molar-refractivity contribution is 6.03. The van der Waals surface area contributed by atoms with Crippen molar-refractivity contribution < 1.29 is 4.79 Å². The number of nitrogens with one attached hydrogen (secondary N) is 1. The highest BCUT2D eigenvalue weighted by Gasteiger charge is 2.18. The van der Waals surface area contributed by atoms with Crippen molar-refractivity contribution in [2.24, 2.45) is 5.92 Å². The van der Waals surface area contributed by atoms with Crippen LogP contribution < -0.4 is 10.9 Å². The van der Waals surface area contributed by atoms with Gasteiger partial charge in [-0.25, -0.2) is 0 Å². The molecule has 0 aliphatic carbocycles. The Hall–Kier alpha value is -3.44. The van der Waals surface area contributed by atoms with Crippen molar-refractivity contribution >= 4 is 33.1 Å². The molecule has 2 heterocycles. The number of rotatable bonds is 5. The van der Waals surface area contributed by atoms with Crippen molar-refractivity contribution in [3.05, 3.63) is 88.8 Å². The lowest BCUT2D eigenvalue weighted by atomic mass is 9.97. The molecule has 5 rings (SSSR count). The number of hydrogen-bond acceptors (Lipinski definition) is 3. The number of anilines is 1. The van der Waals surface area contributed by atoms with E-state index in [1.165, 1.54) is 0 Å². The second-order valence-corrected chi connectivity index (χ2v) is 9.15. The number of carbonyl (C=O) groups excluding carboxylic acids is 1. The topological polar surface area (TPSA) is 54.3 Å². The molecule has 1 fully saturated rings. The zero-order chi connectivity index (χ0) is 22.8. The third kappa shape index (κ3) is 4.55. The van der Waals surface area contributed by atoms with Gasteiger partial charge in [-0.3, -0.25) is 9.59 Å². The molecule has 0 spiro atoms. The van der Waals surface area contributed by atoms with Crippen LogP contribution in [-0.4, -0.2) is 35.5 Å². The quantitative estimate of drug-likeness (QED) is 0.491. The standard InChI is InChI=1S/C28H29N3O2/c1-30-15-12-20(13-16-30)19-31-17-14-24-25(28(31)33)10-5-11-26(24)29-27(32)18-22-8-4-7-21-6-2-3-9-23(21)22/h2-11,14,17,20H,12-13,15-16,18-19H2,1H3,(H,29,32). The minimum atomic E-state index is -0.0886. The Labute approximate surface area is 193 Å². The van der Waals surface area contributed by atoms with Gasteiger partial charge in [0.15, 0.2) is 0 Å². The molecule has 1 aliphatic heterocycles. The zero-order valence-corrected chi connectivity index (χ0v) is 19.0. The molecule has 1 saturated heterocycles. The first-order valence-corrected chi connectivity index (χ1v) is 11.7. The third-order valence-corrected chi connectivity index (χ3v) is 6.82. The SMILES string of the molecule is CN1CCC(Cn2ccc3c(NC(=O)Cc4cccc5ccccc45)cccc3c2=O)CC1. The van der Waals surface area contributed by atoms with Crippen molar-refractivity contribution in [1.29, 1.82) is 0 Å². The molecule has 1 aromatic heterocycles. The van der Waals surface area contributed by atoms with E-state index in [9.17, 15) is 9.59 Å². The minimum absolute atomic E-state index is 0.0107. The first-order valence-electron chi connectivity index (χ1n) is 11.7. The maximum atomic E-state index is 13.2. The number of piperidine rings is 1. The third-order valence-electron chi connectivity index (χ3n) is 6.82. The van der Waals surface area contributed by atoms with Gasteiger partial charge in [-0.15, -0.1) is 0 Å². The Morgan fingerprint density at radius 1 is 0.909 bits per heavy atom. The molecular weight excluding hydrogens is 410 g/mol. The molecular formula is C28H29N3O2. The lowest BCUT2D eigenvalue weighted by Gasteiger charge is -2.29. The number of carbonyl (C=O) groups is 1. The van der Waals surface area contributed by atoms with E-state index < -0.39 is 0 Å². The van der Waals surface area contributed by atoms with Crippen molar-refractivity contribution in [1.82, 2.24) is 9.47 Å². The van der Waals surface area contributed by atoms with Gasteiger partial charge in [0.05, 0.1) is 6.42 Å². The van der Waals surface area contributed by atoms with Gasteiger partial charge in [0, 0.05) is 29.2 Å². The lowest BCUT2D eigenvalue weighted by Crippen LogP contribution is -2.33. The fourth-order valence-corrected chi connectivity index (χ4v) is 4.91. The monoisotopic (exact) mass is 439 g/mol. The van der Waals surface area contributed by atoms with E-state index in [2.05, 4.69) is 29.4 Å². The minimum Gasteiger partial charge on any atom is -0.325 e. The fraction of sp³-hybridized carbons (Fsp3) is 0.286. The average molecular weight is 440 g/mol. The summed E-state index contributed by atoms with van der Waals surface area (Å²) in [6, 6.07) is 21.6. The first-order chi connectivity index (χ1) is 16.1. The van der Waals surface area contributed by atoms with Crippen LogP contribution in [0.25, 0.3) is 21.5 Å². The Balaban J connectivity index is 1.36. The summed E-state index contributed by atoms with van der Waals surface area (Å²) in [6.07, 6.45) is 4.39. The van der Waals surface area contributed by atoms with E-state index in [0.717, 1.165) is 54.2 Å². The van der Waals surface area contributed by atoms with Crippen molar-refractivity contribution in [3.8, 4) is 0 Å². The largest absolute Gasteiger partial charge is 0.325 e. The predicted octanol–water partition coefficient (Wildman–Crippen LogP) is 4.68. The number of pyridine rings is 1. The molecule has 168 valence electrons. The summed E-state index contributed by atoms with van der Waals surface area (Å²) in [6.45, 7) is 2.92. The Kier molecular flexibility index (Phi) is 5.97. The normalized spacial score (nSPS) is 15.2. The Morgan fingerprint density at radius 2 is 1.64 bits per heavy atom. The average Bonchev–Trinajstić information content (AvgIpc) is 2.83. The summed E-state index contributed by atoms with van der Waals surface area (Å²) in [5.41, 5.74) is 1.68.